The fraction of sp³-hybridized carbons (Fsp3) is 0.333. The highest BCUT2D eigenvalue weighted by Crippen LogP contribution is 2.20. The SMILES string of the molecule is CCN(C(=O)CC(=O)N1CCc2ccccc2C1)c1cccc(C)c1. The van der Waals surface area contributed by atoms with Gasteiger partial charge in [0.1, 0.15) is 6.42 Å². The van der Waals surface area contributed by atoms with E-state index in [1.807, 2.05) is 50.2 Å². The van der Waals surface area contributed by atoms with Crippen LogP contribution in [0, 0.1) is 6.92 Å². The quantitative estimate of drug-likeness (QED) is 0.804. The minimum Gasteiger partial charge on any atom is -0.338 e. The van der Waals surface area contributed by atoms with Crippen molar-refractivity contribution in [1.82, 2.24) is 4.90 Å². The summed E-state index contributed by atoms with van der Waals surface area (Å²) in [7, 11) is 0. The molecule has 0 radical (unpaired) electrons. The van der Waals surface area contributed by atoms with Gasteiger partial charge in [-0.3, -0.25) is 9.59 Å². The largest absolute Gasteiger partial charge is 0.338 e. The van der Waals surface area contributed by atoms with E-state index in [1.54, 1.807) is 9.80 Å². The second-order valence-electron chi connectivity index (χ2n) is 6.49. The third-order valence-corrected chi connectivity index (χ3v) is 4.72. The second kappa shape index (κ2) is 7.51. The van der Waals surface area contributed by atoms with Gasteiger partial charge in [-0.05, 0) is 49.1 Å². The highest BCUT2D eigenvalue weighted by atomic mass is 16.2. The fourth-order valence-corrected chi connectivity index (χ4v) is 3.34. The lowest BCUT2D eigenvalue weighted by Gasteiger charge is -2.29. The van der Waals surface area contributed by atoms with Gasteiger partial charge in [-0.1, -0.05) is 36.4 Å². The molecule has 25 heavy (non-hydrogen) atoms. The second-order valence-corrected chi connectivity index (χ2v) is 6.49. The van der Waals surface area contributed by atoms with Crippen LogP contribution in [0.2, 0.25) is 0 Å². The lowest BCUT2D eigenvalue weighted by molar-refractivity contribution is -0.136. The Hall–Kier alpha value is -2.62. The van der Waals surface area contributed by atoms with Crippen LogP contribution in [-0.4, -0.2) is 29.8 Å². The van der Waals surface area contributed by atoms with Crippen LogP contribution < -0.4 is 4.90 Å². The summed E-state index contributed by atoms with van der Waals surface area (Å²) in [6, 6.07) is 16.0. The van der Waals surface area contributed by atoms with Crippen molar-refractivity contribution in [3.8, 4) is 0 Å². The first kappa shape index (κ1) is 17.2. The molecule has 0 N–H and O–H groups in total. The summed E-state index contributed by atoms with van der Waals surface area (Å²) < 4.78 is 0. The molecule has 0 unspecified atom stereocenters. The van der Waals surface area contributed by atoms with Crippen molar-refractivity contribution in [1.29, 1.82) is 0 Å². The molecule has 2 amide bonds. The number of benzene rings is 2. The number of carbonyl (C=O) groups excluding carboxylic acids is 2. The normalized spacial score (nSPS) is 13.3. The molecule has 4 heteroatoms. The average molecular weight is 336 g/mol. The summed E-state index contributed by atoms with van der Waals surface area (Å²) in [5.41, 5.74) is 4.43. The highest BCUT2D eigenvalue weighted by Gasteiger charge is 2.24. The predicted octanol–water partition coefficient (Wildman–Crippen LogP) is 3.32. The van der Waals surface area contributed by atoms with Crippen LogP contribution in [0.15, 0.2) is 48.5 Å². The van der Waals surface area contributed by atoms with E-state index in [2.05, 4.69) is 12.1 Å². The van der Waals surface area contributed by atoms with Gasteiger partial charge in [0.15, 0.2) is 0 Å². The topological polar surface area (TPSA) is 40.6 Å². The zero-order valence-corrected chi connectivity index (χ0v) is 14.9. The van der Waals surface area contributed by atoms with E-state index < -0.39 is 0 Å². The van der Waals surface area contributed by atoms with Gasteiger partial charge in [-0.15, -0.1) is 0 Å². The Bertz CT molecular complexity index is 785. The molecule has 0 saturated heterocycles. The Morgan fingerprint density at radius 2 is 1.84 bits per heavy atom. The number of anilines is 1. The Kier molecular flexibility index (Phi) is 5.17. The molecular formula is C21H24N2O2. The highest BCUT2D eigenvalue weighted by molar-refractivity contribution is 6.05. The average Bonchev–Trinajstić information content (AvgIpc) is 2.62. The third-order valence-electron chi connectivity index (χ3n) is 4.72. The van der Waals surface area contributed by atoms with Crippen LogP contribution in [0.25, 0.3) is 0 Å². The molecule has 0 bridgehead atoms. The van der Waals surface area contributed by atoms with Gasteiger partial charge in [-0.2, -0.15) is 0 Å². The summed E-state index contributed by atoms with van der Waals surface area (Å²) in [5.74, 6) is -0.234. The molecule has 1 aliphatic rings. The molecule has 0 spiro atoms. The predicted molar refractivity (Wildman–Crippen MR) is 99.4 cm³/mol. The van der Waals surface area contributed by atoms with E-state index in [9.17, 15) is 9.59 Å². The minimum absolute atomic E-state index is 0.0794. The van der Waals surface area contributed by atoms with Crippen molar-refractivity contribution in [3.05, 3.63) is 65.2 Å². The first-order valence-electron chi connectivity index (χ1n) is 8.80. The number of aryl methyl sites for hydroxylation is 1. The lowest BCUT2D eigenvalue weighted by atomic mass is 10.00. The molecule has 130 valence electrons. The molecule has 0 fully saturated rings. The fourth-order valence-electron chi connectivity index (χ4n) is 3.34. The van der Waals surface area contributed by atoms with Gasteiger partial charge in [0, 0.05) is 25.3 Å². The van der Waals surface area contributed by atoms with Crippen LogP contribution in [0.1, 0.15) is 30.0 Å². The number of nitrogens with zero attached hydrogens (tertiary/aromatic N) is 2. The molecule has 3 rings (SSSR count). The zero-order chi connectivity index (χ0) is 17.8. The van der Waals surface area contributed by atoms with E-state index in [0.717, 1.165) is 17.7 Å². The number of amides is 2. The lowest BCUT2D eigenvalue weighted by Crippen LogP contribution is -2.40. The summed E-state index contributed by atoms with van der Waals surface area (Å²) in [6.45, 7) is 5.76. The number of fused-ring (bicyclic) bond motifs is 1. The summed E-state index contributed by atoms with van der Waals surface area (Å²) in [5, 5.41) is 0. The van der Waals surface area contributed by atoms with Crippen molar-refractivity contribution in [2.45, 2.75) is 33.2 Å². The van der Waals surface area contributed by atoms with Gasteiger partial charge in [0.05, 0.1) is 0 Å². The first-order chi connectivity index (χ1) is 12.1. The third kappa shape index (κ3) is 3.90. The molecule has 2 aromatic carbocycles. The molecule has 0 aromatic heterocycles. The molecule has 1 heterocycles. The minimum atomic E-state index is -0.142. The van der Waals surface area contributed by atoms with Crippen LogP contribution in [-0.2, 0) is 22.6 Å². The molecule has 0 atom stereocenters. The smallest absolute Gasteiger partial charge is 0.236 e. The van der Waals surface area contributed by atoms with Crippen LogP contribution >= 0.6 is 0 Å². The molecule has 0 saturated carbocycles. The van der Waals surface area contributed by atoms with Crippen LogP contribution in [0.5, 0.6) is 0 Å². The van der Waals surface area contributed by atoms with Crippen molar-refractivity contribution in [2.24, 2.45) is 0 Å². The van der Waals surface area contributed by atoms with E-state index in [0.29, 0.717) is 19.6 Å². The summed E-state index contributed by atoms with van der Waals surface area (Å²) in [6.07, 6.45) is 0.773. The molecular weight excluding hydrogens is 312 g/mol. The number of hydrogen-bond acceptors (Lipinski definition) is 2. The van der Waals surface area contributed by atoms with E-state index >= 15 is 0 Å². The Labute approximate surface area is 149 Å². The van der Waals surface area contributed by atoms with E-state index in [-0.39, 0.29) is 18.2 Å². The van der Waals surface area contributed by atoms with E-state index in [4.69, 9.17) is 0 Å². The van der Waals surface area contributed by atoms with Gasteiger partial charge in [0.2, 0.25) is 11.8 Å². The molecule has 1 aliphatic heterocycles. The van der Waals surface area contributed by atoms with Crippen LogP contribution in [0.3, 0.4) is 0 Å². The molecule has 2 aromatic rings. The molecule has 0 aliphatic carbocycles. The van der Waals surface area contributed by atoms with E-state index in [1.165, 1.54) is 11.1 Å². The standard InChI is InChI=1S/C21H24N2O2/c1-3-23(19-10-6-7-16(2)13-19)21(25)14-20(24)22-12-11-17-8-4-5-9-18(17)15-22/h4-10,13H,3,11-12,14-15H2,1-2H3. The van der Waals surface area contributed by atoms with Gasteiger partial charge >= 0.3 is 0 Å². The Balaban J connectivity index is 1.67. The van der Waals surface area contributed by atoms with Gasteiger partial charge in [0.25, 0.3) is 0 Å². The maximum Gasteiger partial charge on any atom is 0.236 e. The van der Waals surface area contributed by atoms with Crippen molar-refractivity contribution in [3.63, 3.8) is 0 Å². The zero-order valence-electron chi connectivity index (χ0n) is 14.9. The Morgan fingerprint density at radius 1 is 1.08 bits per heavy atom. The number of carbonyl (C=O) groups is 2. The van der Waals surface area contributed by atoms with Crippen molar-refractivity contribution < 1.29 is 9.59 Å². The maximum atomic E-state index is 12.7. The Morgan fingerprint density at radius 3 is 2.56 bits per heavy atom. The maximum absolute atomic E-state index is 12.7. The number of rotatable bonds is 4. The molecule has 4 nitrogen and oxygen atoms in total. The summed E-state index contributed by atoms with van der Waals surface area (Å²) in [4.78, 5) is 28.8. The monoisotopic (exact) mass is 336 g/mol. The summed E-state index contributed by atoms with van der Waals surface area (Å²) >= 11 is 0. The van der Waals surface area contributed by atoms with Gasteiger partial charge < -0.3 is 9.80 Å². The van der Waals surface area contributed by atoms with Gasteiger partial charge in [-0.25, -0.2) is 0 Å². The number of hydrogen-bond donors (Lipinski definition) is 0. The first-order valence-corrected chi connectivity index (χ1v) is 8.80. The van der Waals surface area contributed by atoms with Crippen LogP contribution in [0.4, 0.5) is 5.69 Å². The van der Waals surface area contributed by atoms with Crippen molar-refractivity contribution >= 4 is 17.5 Å². The van der Waals surface area contributed by atoms with Crippen molar-refractivity contribution in [2.75, 3.05) is 18.0 Å².